The summed E-state index contributed by atoms with van der Waals surface area (Å²) < 4.78 is 72.2. The Balaban J connectivity index is 1.64. The quantitative estimate of drug-likeness (QED) is 0.255. The van der Waals surface area contributed by atoms with Gasteiger partial charge in [0.1, 0.15) is 24.1 Å². The number of benzene rings is 2. The Morgan fingerprint density at radius 2 is 2.00 bits per heavy atom. The first-order valence-electron chi connectivity index (χ1n) is 12.0. The molecule has 0 radical (unpaired) electrons. The van der Waals surface area contributed by atoms with Crippen LogP contribution in [0.5, 0.6) is 11.5 Å². The van der Waals surface area contributed by atoms with Gasteiger partial charge in [0.2, 0.25) is 0 Å². The topological polar surface area (TPSA) is 123 Å². The molecular formula is C25H30F3N5O4S. The zero-order chi connectivity index (χ0) is 27.6. The van der Waals surface area contributed by atoms with Crippen LogP contribution in [-0.2, 0) is 17.3 Å². The van der Waals surface area contributed by atoms with E-state index in [1.807, 2.05) is 4.90 Å². The maximum absolute atomic E-state index is 13.3. The van der Waals surface area contributed by atoms with Crippen LogP contribution >= 0.6 is 0 Å². The molecule has 9 nitrogen and oxygen atoms in total. The monoisotopic (exact) mass is 553 g/mol. The Hall–Kier alpha value is -3.16. The Kier molecular flexibility index (Phi) is 8.28. The Bertz CT molecular complexity index is 1340. The van der Waals surface area contributed by atoms with Gasteiger partial charge in [-0.3, -0.25) is 4.90 Å². The molecule has 3 aromatic rings. The van der Waals surface area contributed by atoms with Crippen LogP contribution in [0.4, 0.5) is 24.7 Å². The van der Waals surface area contributed by atoms with E-state index in [0.29, 0.717) is 46.2 Å². The number of aryl methyl sites for hydroxylation is 1. The molecule has 4 rings (SSSR count). The number of aromatic nitrogens is 2. The number of nitrogens with two attached hydrogens (primary N) is 1. The number of halogens is 3. The summed E-state index contributed by atoms with van der Waals surface area (Å²) in [5, 5.41) is 3.79. The average Bonchev–Trinajstić information content (AvgIpc) is 3.27. The number of rotatable bonds is 9. The molecule has 1 aliphatic heterocycles. The number of anilines is 2. The Morgan fingerprint density at radius 1 is 1.24 bits per heavy atom. The normalized spacial score (nSPS) is 17.9. The molecule has 38 heavy (non-hydrogen) atoms. The van der Waals surface area contributed by atoms with E-state index in [9.17, 15) is 21.9 Å². The van der Waals surface area contributed by atoms with Crippen molar-refractivity contribution in [2.24, 2.45) is 0 Å². The van der Waals surface area contributed by atoms with Gasteiger partial charge < -0.3 is 25.1 Å². The summed E-state index contributed by atoms with van der Waals surface area (Å²) in [6, 6.07) is 6.32. The zero-order valence-corrected chi connectivity index (χ0v) is 22.0. The van der Waals surface area contributed by atoms with Gasteiger partial charge in [0, 0.05) is 23.2 Å². The van der Waals surface area contributed by atoms with Gasteiger partial charge in [-0.05, 0) is 63.1 Å². The highest BCUT2D eigenvalue weighted by atomic mass is 32.2. The number of nitrogens with one attached hydrogen (secondary N) is 1. The predicted molar refractivity (Wildman–Crippen MR) is 140 cm³/mol. The van der Waals surface area contributed by atoms with Crippen molar-refractivity contribution >= 4 is 33.5 Å². The Labute approximate surface area is 220 Å². The third kappa shape index (κ3) is 6.45. The van der Waals surface area contributed by atoms with E-state index in [4.69, 9.17) is 15.2 Å². The standard InChI is InChI=1S/C25H30F3N5O4S/c1-14(16-7-17(25(26,27)28)9-18(29)8-16)30-24-20-10-23(22(36-3)11-21(20)31-15(2)32-24)37-12-19-5-4-6-33(19)13-38(34)35/h7-11,14,19H,4-6,12-13,29H2,1-3H3,(H,34,35)(H,30,31,32)/t14-,19+/m1/s1. The van der Waals surface area contributed by atoms with Crippen molar-refractivity contribution in [1.82, 2.24) is 14.9 Å². The number of hydrogen-bond donors (Lipinski definition) is 3. The molecule has 3 atom stereocenters. The van der Waals surface area contributed by atoms with Crippen molar-refractivity contribution in [2.45, 2.75) is 44.9 Å². The molecular weight excluding hydrogens is 523 g/mol. The van der Waals surface area contributed by atoms with Gasteiger partial charge >= 0.3 is 6.18 Å². The second-order valence-corrected chi connectivity index (χ2v) is 10.2. The maximum Gasteiger partial charge on any atom is 0.416 e. The van der Waals surface area contributed by atoms with Gasteiger partial charge in [-0.15, -0.1) is 0 Å². The zero-order valence-electron chi connectivity index (χ0n) is 21.2. The van der Waals surface area contributed by atoms with Gasteiger partial charge in [0.05, 0.1) is 24.2 Å². The van der Waals surface area contributed by atoms with Crippen molar-refractivity contribution in [3.8, 4) is 11.5 Å². The molecule has 1 unspecified atom stereocenters. The fourth-order valence-electron chi connectivity index (χ4n) is 4.60. The highest BCUT2D eigenvalue weighted by Gasteiger charge is 2.31. The van der Waals surface area contributed by atoms with E-state index in [2.05, 4.69) is 15.3 Å². The number of hydrogen-bond acceptors (Lipinski definition) is 8. The minimum absolute atomic E-state index is 0.0126. The van der Waals surface area contributed by atoms with Gasteiger partial charge in [-0.2, -0.15) is 13.2 Å². The molecule has 0 saturated carbocycles. The van der Waals surface area contributed by atoms with Crippen molar-refractivity contribution < 1.29 is 31.4 Å². The van der Waals surface area contributed by atoms with Crippen molar-refractivity contribution in [2.75, 3.05) is 37.2 Å². The van der Waals surface area contributed by atoms with Crippen molar-refractivity contribution in [3.05, 3.63) is 47.3 Å². The maximum atomic E-state index is 13.3. The summed E-state index contributed by atoms with van der Waals surface area (Å²) in [5.74, 6) is 1.83. The summed E-state index contributed by atoms with van der Waals surface area (Å²) >= 11 is -1.93. The highest BCUT2D eigenvalue weighted by Crippen LogP contribution is 2.37. The third-order valence-electron chi connectivity index (χ3n) is 6.46. The van der Waals surface area contributed by atoms with E-state index in [-0.39, 0.29) is 24.2 Å². The van der Waals surface area contributed by atoms with E-state index in [0.717, 1.165) is 25.0 Å². The van der Waals surface area contributed by atoms with E-state index >= 15 is 0 Å². The fraction of sp³-hybridized carbons (Fsp3) is 0.440. The van der Waals surface area contributed by atoms with Crippen LogP contribution in [0, 0.1) is 6.92 Å². The molecule has 0 spiro atoms. The van der Waals surface area contributed by atoms with Gasteiger partial charge in [-0.25, -0.2) is 14.2 Å². The lowest BCUT2D eigenvalue weighted by Crippen LogP contribution is -2.36. The number of methoxy groups -OCH3 is 1. The van der Waals surface area contributed by atoms with Crippen LogP contribution in [-0.4, -0.2) is 55.8 Å². The Morgan fingerprint density at radius 3 is 2.68 bits per heavy atom. The molecule has 0 amide bonds. The minimum atomic E-state index is -4.52. The van der Waals surface area contributed by atoms with Gasteiger partial charge in [0.15, 0.2) is 22.6 Å². The van der Waals surface area contributed by atoms with Crippen LogP contribution in [0.3, 0.4) is 0 Å². The van der Waals surface area contributed by atoms with Gasteiger partial charge in [0.25, 0.3) is 0 Å². The molecule has 206 valence electrons. The van der Waals surface area contributed by atoms with Gasteiger partial charge in [-0.1, -0.05) is 0 Å². The molecule has 1 fully saturated rings. The summed E-state index contributed by atoms with van der Waals surface area (Å²) in [4.78, 5) is 10.9. The lowest BCUT2D eigenvalue weighted by molar-refractivity contribution is -0.137. The molecule has 2 aromatic carbocycles. The van der Waals surface area contributed by atoms with Crippen molar-refractivity contribution in [3.63, 3.8) is 0 Å². The van der Waals surface area contributed by atoms with E-state index in [1.165, 1.54) is 13.2 Å². The molecule has 4 N–H and O–H groups in total. The number of likely N-dealkylation sites (tertiary alicyclic amines) is 1. The number of alkyl halides is 3. The van der Waals surface area contributed by atoms with Crippen LogP contribution in [0.1, 0.15) is 42.8 Å². The number of ether oxygens (including phenoxy) is 2. The molecule has 1 saturated heterocycles. The largest absolute Gasteiger partial charge is 0.493 e. The fourth-order valence-corrected chi connectivity index (χ4v) is 5.22. The second kappa shape index (κ2) is 11.3. The third-order valence-corrected chi connectivity index (χ3v) is 7.01. The van der Waals surface area contributed by atoms with Crippen LogP contribution in [0.25, 0.3) is 10.9 Å². The first-order chi connectivity index (χ1) is 17.9. The lowest BCUT2D eigenvalue weighted by Gasteiger charge is -2.23. The van der Waals surface area contributed by atoms with Crippen LogP contribution in [0.2, 0.25) is 0 Å². The molecule has 1 aliphatic rings. The first-order valence-corrected chi connectivity index (χ1v) is 13.3. The van der Waals surface area contributed by atoms with Crippen LogP contribution in [0.15, 0.2) is 30.3 Å². The summed E-state index contributed by atoms with van der Waals surface area (Å²) in [6.45, 7) is 4.44. The summed E-state index contributed by atoms with van der Waals surface area (Å²) in [5.41, 5.74) is 5.87. The minimum Gasteiger partial charge on any atom is -0.493 e. The first kappa shape index (κ1) is 27.9. The van der Waals surface area contributed by atoms with E-state index in [1.54, 1.807) is 26.0 Å². The molecule has 13 heteroatoms. The molecule has 0 bridgehead atoms. The SMILES string of the molecule is COc1cc2nc(C)nc(N[C@H](C)c3cc(N)cc(C(F)(F)F)c3)c2cc1OC[C@@H]1CCCN1CS(=O)O. The molecule has 2 heterocycles. The predicted octanol–water partition coefficient (Wildman–Crippen LogP) is 4.74. The number of nitrogen functional groups attached to an aromatic ring is 1. The molecule has 1 aromatic heterocycles. The van der Waals surface area contributed by atoms with E-state index < -0.39 is 28.9 Å². The lowest BCUT2D eigenvalue weighted by atomic mass is 10.0. The number of fused-ring (bicyclic) bond motifs is 1. The van der Waals surface area contributed by atoms with Crippen molar-refractivity contribution in [1.29, 1.82) is 0 Å². The summed E-state index contributed by atoms with van der Waals surface area (Å²) in [7, 11) is 1.51. The molecule has 0 aliphatic carbocycles. The second-order valence-electron chi connectivity index (χ2n) is 9.26. The average molecular weight is 554 g/mol. The highest BCUT2D eigenvalue weighted by molar-refractivity contribution is 7.79. The smallest absolute Gasteiger partial charge is 0.416 e. The van der Waals surface area contributed by atoms with Crippen LogP contribution < -0.4 is 20.5 Å². The number of nitrogens with zero attached hydrogens (tertiary/aromatic N) is 3. The summed E-state index contributed by atoms with van der Waals surface area (Å²) in [6.07, 6.45) is -2.79.